The summed E-state index contributed by atoms with van der Waals surface area (Å²) in [6.45, 7) is -0.0440. The first-order chi connectivity index (χ1) is 26.9. The number of hydrogen-bond acceptors (Lipinski definition) is 9. The molecule has 7 rings (SSSR count). The van der Waals surface area contributed by atoms with Crippen molar-refractivity contribution in [3.05, 3.63) is 162 Å². The molecule has 280 valence electrons. The Bertz CT molecular complexity index is 2090. The van der Waals surface area contributed by atoms with E-state index in [0.29, 0.717) is 28.8 Å². The number of urea groups is 1. The van der Waals surface area contributed by atoms with E-state index in [9.17, 15) is 14.7 Å². The zero-order valence-corrected chi connectivity index (χ0v) is 31.0. The highest BCUT2D eigenvalue weighted by Gasteiger charge is 2.33. The van der Waals surface area contributed by atoms with Gasteiger partial charge in [0.25, 0.3) is 5.22 Å². The van der Waals surface area contributed by atoms with Gasteiger partial charge in [-0.25, -0.2) is 14.6 Å². The number of carbonyl (C=O) groups excluding carboxylic acids is 2. The van der Waals surface area contributed by atoms with E-state index in [1.54, 1.807) is 12.1 Å². The van der Waals surface area contributed by atoms with Crippen molar-refractivity contribution in [1.29, 1.82) is 0 Å². The number of rotatable bonds is 13. The molecule has 0 bridgehead atoms. The highest BCUT2D eigenvalue weighted by atomic mass is 32.2. The fraction of sp³-hybridized carbons (Fsp3) is 0.205. The number of ether oxygens (including phenoxy) is 3. The molecule has 3 N–H and O–H groups in total. The van der Waals surface area contributed by atoms with Gasteiger partial charge in [-0.1, -0.05) is 139 Å². The number of thioether (sulfide) groups is 1. The number of benzene rings is 5. The van der Waals surface area contributed by atoms with Crippen LogP contribution in [0.2, 0.25) is 0 Å². The standard InChI is InChI=1S/C44H41N3O7S/c1-51-41(49)37(25-29-11-5-2-6-12-29)46-43(50)45-35-23-21-34(22-24-35)42-52-36(26-38(53-42)31-19-17-30(27-48)18-20-31)28-55-44-47-39(32-13-7-3-8-14-32)40(54-44)33-15-9-4-10-16-33/h2-24,36-38,42,48H,25-28H2,1H3,(H2,45,46,50)/t36-,37+,38+,42+/m1/s1. The maximum Gasteiger partial charge on any atom is 0.328 e. The topological polar surface area (TPSA) is 132 Å². The second-order valence-electron chi connectivity index (χ2n) is 13.0. The number of amides is 2. The van der Waals surface area contributed by atoms with Gasteiger partial charge in [0.2, 0.25) is 0 Å². The highest BCUT2D eigenvalue weighted by molar-refractivity contribution is 7.99. The molecule has 1 aliphatic heterocycles. The van der Waals surface area contributed by atoms with Gasteiger partial charge in [0, 0.05) is 41.0 Å². The van der Waals surface area contributed by atoms with Crippen LogP contribution in [0.25, 0.3) is 22.6 Å². The molecule has 2 heterocycles. The number of nitrogens with one attached hydrogen (secondary N) is 2. The average molecular weight is 756 g/mol. The molecule has 1 aromatic heterocycles. The molecule has 1 fully saturated rings. The lowest BCUT2D eigenvalue weighted by molar-refractivity contribution is -0.245. The Kier molecular flexibility index (Phi) is 12.4. The minimum absolute atomic E-state index is 0.0440. The Hall–Kier alpha value is -5.72. The van der Waals surface area contributed by atoms with Crippen molar-refractivity contribution in [1.82, 2.24) is 10.3 Å². The van der Waals surface area contributed by atoms with E-state index in [1.165, 1.54) is 18.9 Å². The fourth-order valence-corrected chi connectivity index (χ4v) is 7.20. The first kappa shape index (κ1) is 37.6. The first-order valence-corrected chi connectivity index (χ1v) is 19.0. The zero-order chi connectivity index (χ0) is 38.0. The summed E-state index contributed by atoms with van der Waals surface area (Å²) in [5.74, 6) is 0.727. The molecule has 0 aliphatic carbocycles. The Balaban J connectivity index is 1.06. The van der Waals surface area contributed by atoms with E-state index >= 15 is 0 Å². The average Bonchev–Trinajstić information content (AvgIpc) is 3.68. The molecule has 5 aromatic carbocycles. The van der Waals surface area contributed by atoms with Crippen molar-refractivity contribution in [3.63, 3.8) is 0 Å². The van der Waals surface area contributed by atoms with Crippen molar-refractivity contribution in [2.24, 2.45) is 0 Å². The Labute approximate surface area is 323 Å². The number of aliphatic hydroxyl groups is 1. The van der Waals surface area contributed by atoms with Crippen LogP contribution in [0.15, 0.2) is 149 Å². The lowest BCUT2D eigenvalue weighted by Crippen LogP contribution is -2.45. The summed E-state index contributed by atoms with van der Waals surface area (Å²) >= 11 is 1.49. The third kappa shape index (κ3) is 9.69. The van der Waals surface area contributed by atoms with Crippen LogP contribution in [0, 0.1) is 0 Å². The summed E-state index contributed by atoms with van der Waals surface area (Å²) in [5, 5.41) is 15.7. The molecule has 0 spiro atoms. The van der Waals surface area contributed by atoms with E-state index in [-0.39, 0.29) is 25.2 Å². The molecular weight excluding hydrogens is 715 g/mol. The quantitative estimate of drug-likeness (QED) is 0.0782. The monoisotopic (exact) mass is 755 g/mol. The van der Waals surface area contributed by atoms with Crippen LogP contribution in [-0.2, 0) is 32.0 Å². The predicted octanol–water partition coefficient (Wildman–Crippen LogP) is 8.74. The second kappa shape index (κ2) is 18.1. The number of aromatic nitrogens is 1. The summed E-state index contributed by atoms with van der Waals surface area (Å²) in [5.41, 5.74) is 6.66. The van der Waals surface area contributed by atoms with Crippen LogP contribution in [0.4, 0.5) is 10.5 Å². The Morgan fingerprint density at radius 2 is 1.44 bits per heavy atom. The van der Waals surface area contributed by atoms with Gasteiger partial charge in [-0.05, 0) is 28.8 Å². The largest absolute Gasteiger partial charge is 0.467 e. The molecule has 11 heteroatoms. The number of carbonyl (C=O) groups is 2. The molecule has 0 saturated carbocycles. The summed E-state index contributed by atoms with van der Waals surface area (Å²) in [7, 11) is 1.30. The third-order valence-corrected chi connectivity index (χ3v) is 10.2. The zero-order valence-electron chi connectivity index (χ0n) is 30.2. The van der Waals surface area contributed by atoms with Gasteiger partial charge in [0.1, 0.15) is 11.7 Å². The number of hydrogen-bond donors (Lipinski definition) is 3. The van der Waals surface area contributed by atoms with Crippen molar-refractivity contribution < 1.29 is 33.3 Å². The van der Waals surface area contributed by atoms with Gasteiger partial charge in [-0.15, -0.1) is 0 Å². The third-order valence-electron chi connectivity index (χ3n) is 9.21. The van der Waals surface area contributed by atoms with Crippen LogP contribution >= 0.6 is 11.8 Å². The minimum atomic E-state index is -0.861. The number of oxazole rings is 1. The molecule has 2 amide bonds. The maximum atomic E-state index is 13.0. The van der Waals surface area contributed by atoms with Gasteiger partial charge < -0.3 is 34.4 Å². The van der Waals surface area contributed by atoms with E-state index in [2.05, 4.69) is 10.6 Å². The summed E-state index contributed by atoms with van der Waals surface area (Å²) < 4.78 is 24.4. The SMILES string of the molecule is COC(=O)[C@H](Cc1ccccc1)NC(=O)Nc1ccc([C@H]2O[C@@H](CSc3nc(-c4ccccc4)c(-c4ccccc4)o3)C[C@@H](c3ccc(CO)cc3)O2)cc1. The Morgan fingerprint density at radius 1 is 0.800 bits per heavy atom. The van der Waals surface area contributed by atoms with Crippen molar-refractivity contribution in [2.75, 3.05) is 18.2 Å². The summed E-state index contributed by atoms with van der Waals surface area (Å²) in [6.07, 6.45) is -0.350. The maximum absolute atomic E-state index is 13.0. The number of aliphatic hydroxyl groups excluding tert-OH is 1. The first-order valence-electron chi connectivity index (χ1n) is 18.0. The molecule has 0 radical (unpaired) electrons. The summed E-state index contributed by atoms with van der Waals surface area (Å²) in [4.78, 5) is 30.4. The fourth-order valence-electron chi connectivity index (χ4n) is 6.36. The van der Waals surface area contributed by atoms with Crippen LogP contribution in [0.1, 0.15) is 41.1 Å². The Morgan fingerprint density at radius 3 is 2.09 bits per heavy atom. The number of nitrogens with zero attached hydrogens (tertiary/aromatic N) is 1. The van der Waals surface area contributed by atoms with Crippen LogP contribution < -0.4 is 10.6 Å². The molecule has 4 atom stereocenters. The second-order valence-corrected chi connectivity index (χ2v) is 14.0. The van der Waals surface area contributed by atoms with E-state index < -0.39 is 24.3 Å². The van der Waals surface area contributed by atoms with E-state index in [1.807, 2.05) is 127 Å². The molecule has 10 nitrogen and oxygen atoms in total. The van der Waals surface area contributed by atoms with E-state index in [4.69, 9.17) is 23.6 Å². The number of anilines is 1. The van der Waals surface area contributed by atoms with Crippen molar-refractivity contribution in [2.45, 2.75) is 49.2 Å². The van der Waals surface area contributed by atoms with Crippen molar-refractivity contribution >= 4 is 29.4 Å². The smallest absolute Gasteiger partial charge is 0.328 e. The van der Waals surface area contributed by atoms with Crippen LogP contribution in [-0.4, -0.2) is 47.1 Å². The number of esters is 1. The molecule has 6 aromatic rings. The van der Waals surface area contributed by atoms with Crippen LogP contribution in [0.3, 0.4) is 0 Å². The van der Waals surface area contributed by atoms with Crippen LogP contribution in [0.5, 0.6) is 0 Å². The minimum Gasteiger partial charge on any atom is -0.467 e. The summed E-state index contributed by atoms with van der Waals surface area (Å²) in [6, 6.07) is 42.9. The highest BCUT2D eigenvalue weighted by Crippen LogP contribution is 2.41. The van der Waals surface area contributed by atoms with Crippen molar-refractivity contribution in [3.8, 4) is 22.6 Å². The molecule has 1 aliphatic rings. The number of methoxy groups -OCH3 is 1. The molecule has 55 heavy (non-hydrogen) atoms. The van der Waals surface area contributed by atoms with E-state index in [0.717, 1.165) is 39.1 Å². The normalized spacial score (nSPS) is 17.2. The molecule has 0 unspecified atom stereocenters. The van der Waals surface area contributed by atoms with Gasteiger partial charge in [0.15, 0.2) is 12.1 Å². The lowest BCUT2D eigenvalue weighted by atomic mass is 10.0. The van der Waals surface area contributed by atoms with Gasteiger partial charge >= 0.3 is 12.0 Å². The predicted molar refractivity (Wildman–Crippen MR) is 211 cm³/mol. The lowest BCUT2D eigenvalue weighted by Gasteiger charge is -2.36. The molecule has 1 saturated heterocycles. The molecular formula is C44H41N3O7S. The van der Waals surface area contributed by atoms with Gasteiger partial charge in [-0.3, -0.25) is 0 Å². The van der Waals surface area contributed by atoms with Gasteiger partial charge in [0.05, 0.1) is 25.9 Å². The van der Waals surface area contributed by atoms with Gasteiger partial charge in [-0.2, -0.15) is 0 Å².